The lowest BCUT2D eigenvalue weighted by molar-refractivity contribution is -0.130. The highest BCUT2D eigenvalue weighted by Crippen LogP contribution is 2.25. The number of nitrogens with one attached hydrogen (secondary N) is 1. The van der Waals surface area contributed by atoms with Gasteiger partial charge in [0.25, 0.3) is 0 Å². The summed E-state index contributed by atoms with van der Waals surface area (Å²) in [6, 6.07) is 0.156. The van der Waals surface area contributed by atoms with Gasteiger partial charge in [-0.25, -0.2) is 0 Å². The van der Waals surface area contributed by atoms with Crippen molar-refractivity contribution in [3.05, 3.63) is 0 Å². The molecule has 0 spiro atoms. The summed E-state index contributed by atoms with van der Waals surface area (Å²) in [4.78, 5) is 22.9. The van der Waals surface area contributed by atoms with E-state index in [1.54, 1.807) is 0 Å². The summed E-state index contributed by atoms with van der Waals surface area (Å²) in [5, 5.41) is 3.00. The molecule has 2 amide bonds. The van der Waals surface area contributed by atoms with Crippen molar-refractivity contribution < 1.29 is 9.59 Å². The van der Waals surface area contributed by atoms with Gasteiger partial charge >= 0.3 is 0 Å². The molecular formula is C12H23N3O2. The number of hydrogen-bond donors (Lipinski definition) is 3. The summed E-state index contributed by atoms with van der Waals surface area (Å²) in [7, 11) is 0. The predicted octanol–water partition coefficient (Wildman–Crippen LogP) is 0.132. The van der Waals surface area contributed by atoms with E-state index in [-0.39, 0.29) is 23.8 Å². The molecule has 5 nitrogen and oxygen atoms in total. The number of primary amides is 1. The summed E-state index contributed by atoms with van der Waals surface area (Å²) in [5.74, 6) is -0.259. The first-order valence-corrected chi connectivity index (χ1v) is 6.17. The van der Waals surface area contributed by atoms with Crippen molar-refractivity contribution in [1.82, 2.24) is 5.32 Å². The summed E-state index contributed by atoms with van der Waals surface area (Å²) >= 11 is 0. The van der Waals surface area contributed by atoms with E-state index in [0.29, 0.717) is 6.54 Å². The highest BCUT2D eigenvalue weighted by Gasteiger charge is 2.30. The van der Waals surface area contributed by atoms with Gasteiger partial charge in [0, 0.05) is 18.5 Å². The van der Waals surface area contributed by atoms with Crippen LogP contribution in [0.3, 0.4) is 0 Å². The molecule has 5 N–H and O–H groups in total. The number of nitrogens with two attached hydrogens (primary N) is 2. The second-order valence-electron chi connectivity index (χ2n) is 5.51. The molecule has 1 aliphatic carbocycles. The van der Waals surface area contributed by atoms with Crippen LogP contribution >= 0.6 is 0 Å². The zero-order chi connectivity index (χ0) is 13.1. The van der Waals surface area contributed by atoms with Gasteiger partial charge in [-0.1, -0.05) is 0 Å². The zero-order valence-corrected chi connectivity index (χ0v) is 10.7. The molecule has 98 valence electrons. The molecule has 1 rings (SSSR count). The Morgan fingerprint density at radius 3 is 2.18 bits per heavy atom. The third-order valence-electron chi connectivity index (χ3n) is 3.59. The van der Waals surface area contributed by atoms with Gasteiger partial charge in [0.2, 0.25) is 11.8 Å². The third-order valence-corrected chi connectivity index (χ3v) is 3.59. The first-order valence-electron chi connectivity index (χ1n) is 6.17. The average Bonchev–Trinajstić information content (AvgIpc) is 2.29. The molecule has 0 heterocycles. The van der Waals surface area contributed by atoms with Crippen LogP contribution in [0.4, 0.5) is 0 Å². The Kier molecular flexibility index (Phi) is 4.51. The first kappa shape index (κ1) is 14.0. The SMILES string of the molecule is CC(C)(CN)C(=O)NC1CCC(C(N)=O)CC1. The molecule has 1 saturated carbocycles. The Balaban J connectivity index is 2.41. The molecule has 0 aromatic rings. The molecule has 0 bridgehead atoms. The molecule has 17 heavy (non-hydrogen) atoms. The Bertz CT molecular complexity index is 294. The molecular weight excluding hydrogens is 218 g/mol. The van der Waals surface area contributed by atoms with Crippen LogP contribution in [0.1, 0.15) is 39.5 Å². The quantitative estimate of drug-likeness (QED) is 0.652. The molecule has 1 aliphatic rings. The maximum absolute atomic E-state index is 11.9. The number of rotatable bonds is 4. The minimum Gasteiger partial charge on any atom is -0.369 e. The average molecular weight is 241 g/mol. The number of hydrogen-bond acceptors (Lipinski definition) is 3. The Hall–Kier alpha value is -1.10. The minimum atomic E-state index is -0.527. The van der Waals surface area contributed by atoms with Crippen LogP contribution in [0, 0.1) is 11.3 Å². The zero-order valence-electron chi connectivity index (χ0n) is 10.7. The lowest BCUT2D eigenvalue weighted by atomic mass is 9.84. The fraction of sp³-hybridized carbons (Fsp3) is 0.833. The van der Waals surface area contributed by atoms with Crippen LogP contribution in [-0.4, -0.2) is 24.4 Å². The van der Waals surface area contributed by atoms with Gasteiger partial charge in [-0.05, 0) is 39.5 Å². The molecule has 0 aromatic heterocycles. The molecule has 0 aliphatic heterocycles. The van der Waals surface area contributed by atoms with Gasteiger partial charge in [0.1, 0.15) is 0 Å². The Morgan fingerprint density at radius 2 is 1.76 bits per heavy atom. The molecule has 0 radical (unpaired) electrons. The van der Waals surface area contributed by atoms with E-state index < -0.39 is 5.41 Å². The summed E-state index contributed by atoms with van der Waals surface area (Å²) < 4.78 is 0. The van der Waals surface area contributed by atoms with Crippen molar-refractivity contribution in [2.24, 2.45) is 22.8 Å². The highest BCUT2D eigenvalue weighted by molar-refractivity contribution is 5.82. The van der Waals surface area contributed by atoms with Crippen molar-refractivity contribution in [2.75, 3.05) is 6.54 Å². The lowest BCUT2D eigenvalue weighted by Gasteiger charge is -2.30. The van der Waals surface area contributed by atoms with E-state index in [1.165, 1.54) is 0 Å². The van der Waals surface area contributed by atoms with Gasteiger partial charge in [0.15, 0.2) is 0 Å². The van der Waals surface area contributed by atoms with Crippen LogP contribution in [0.25, 0.3) is 0 Å². The number of carbonyl (C=O) groups is 2. The second kappa shape index (κ2) is 5.49. The van der Waals surface area contributed by atoms with Crippen LogP contribution < -0.4 is 16.8 Å². The first-order chi connectivity index (χ1) is 7.86. The summed E-state index contributed by atoms with van der Waals surface area (Å²) in [6.07, 6.45) is 3.17. The number of amides is 2. The molecule has 0 atom stereocenters. The van der Waals surface area contributed by atoms with Crippen molar-refractivity contribution >= 4 is 11.8 Å². The van der Waals surface area contributed by atoms with Crippen LogP contribution in [0.2, 0.25) is 0 Å². The van der Waals surface area contributed by atoms with Gasteiger partial charge < -0.3 is 16.8 Å². The minimum absolute atomic E-state index is 0.0116. The molecule has 0 saturated heterocycles. The molecule has 1 fully saturated rings. The van der Waals surface area contributed by atoms with Gasteiger partial charge in [-0.2, -0.15) is 0 Å². The predicted molar refractivity (Wildman–Crippen MR) is 65.9 cm³/mol. The smallest absolute Gasteiger partial charge is 0.227 e. The monoisotopic (exact) mass is 241 g/mol. The molecule has 0 aromatic carbocycles. The fourth-order valence-electron chi connectivity index (χ4n) is 2.00. The lowest BCUT2D eigenvalue weighted by Crippen LogP contribution is -2.47. The van der Waals surface area contributed by atoms with Crippen molar-refractivity contribution in [2.45, 2.75) is 45.6 Å². The van der Waals surface area contributed by atoms with Gasteiger partial charge in [-0.3, -0.25) is 9.59 Å². The van der Waals surface area contributed by atoms with Crippen LogP contribution in [0.15, 0.2) is 0 Å². The summed E-state index contributed by atoms with van der Waals surface area (Å²) in [6.45, 7) is 3.99. The van der Waals surface area contributed by atoms with E-state index in [1.807, 2.05) is 13.8 Å². The topological polar surface area (TPSA) is 98.2 Å². The van der Waals surface area contributed by atoms with E-state index in [9.17, 15) is 9.59 Å². The van der Waals surface area contributed by atoms with E-state index in [0.717, 1.165) is 25.7 Å². The largest absolute Gasteiger partial charge is 0.369 e. The fourth-order valence-corrected chi connectivity index (χ4v) is 2.00. The normalized spacial score (nSPS) is 25.4. The van der Waals surface area contributed by atoms with Crippen LogP contribution in [-0.2, 0) is 9.59 Å². The van der Waals surface area contributed by atoms with Crippen molar-refractivity contribution in [1.29, 1.82) is 0 Å². The maximum atomic E-state index is 11.9. The van der Waals surface area contributed by atoms with Crippen molar-refractivity contribution in [3.8, 4) is 0 Å². The highest BCUT2D eigenvalue weighted by atomic mass is 16.2. The van der Waals surface area contributed by atoms with Crippen LogP contribution in [0.5, 0.6) is 0 Å². The Morgan fingerprint density at radius 1 is 1.24 bits per heavy atom. The van der Waals surface area contributed by atoms with E-state index in [2.05, 4.69) is 5.32 Å². The van der Waals surface area contributed by atoms with E-state index in [4.69, 9.17) is 11.5 Å². The standard InChI is InChI=1S/C12H23N3O2/c1-12(2,7-13)11(17)15-9-5-3-8(4-6-9)10(14)16/h8-9H,3-7,13H2,1-2H3,(H2,14,16)(H,15,17). The Labute approximate surface area is 102 Å². The maximum Gasteiger partial charge on any atom is 0.227 e. The van der Waals surface area contributed by atoms with Gasteiger partial charge in [0.05, 0.1) is 5.41 Å². The summed E-state index contributed by atoms with van der Waals surface area (Å²) in [5.41, 5.74) is 10.3. The number of carbonyl (C=O) groups excluding carboxylic acids is 2. The molecule has 5 heteroatoms. The van der Waals surface area contributed by atoms with Gasteiger partial charge in [-0.15, -0.1) is 0 Å². The van der Waals surface area contributed by atoms with Crippen molar-refractivity contribution in [3.63, 3.8) is 0 Å². The van der Waals surface area contributed by atoms with E-state index >= 15 is 0 Å². The third kappa shape index (κ3) is 3.70. The second-order valence-corrected chi connectivity index (χ2v) is 5.51. The molecule has 0 unspecified atom stereocenters.